The van der Waals surface area contributed by atoms with E-state index < -0.39 is 0 Å². The molecule has 0 atom stereocenters. The van der Waals surface area contributed by atoms with Crippen LogP contribution in [0.2, 0.25) is 0 Å². The first kappa shape index (κ1) is 25.8. The van der Waals surface area contributed by atoms with Gasteiger partial charge in [0.1, 0.15) is 23.5 Å². The number of hydrogen-bond acceptors (Lipinski definition) is 3. The fourth-order valence-corrected chi connectivity index (χ4v) is 6.01. The molecule has 0 aliphatic rings. The van der Waals surface area contributed by atoms with E-state index in [1.807, 2.05) is 42.5 Å². The van der Waals surface area contributed by atoms with Crippen molar-refractivity contribution >= 4 is 10.8 Å². The van der Waals surface area contributed by atoms with Gasteiger partial charge in [-0.25, -0.2) is 4.98 Å². The summed E-state index contributed by atoms with van der Waals surface area (Å²) in [5.41, 5.74) is 9.09. The van der Waals surface area contributed by atoms with E-state index in [0.717, 1.165) is 72.5 Å². The van der Waals surface area contributed by atoms with Gasteiger partial charge in [0.25, 0.3) is 0 Å². The Morgan fingerprint density at radius 1 is 0.386 bits per heavy atom. The first-order valence-electron chi connectivity index (χ1n) is 14.7. The molecule has 6 aromatic carbocycles. The minimum atomic E-state index is 0.582. The Morgan fingerprint density at radius 3 is 1.57 bits per heavy atom. The molecule has 8 rings (SSSR count). The van der Waals surface area contributed by atoms with E-state index in [1.54, 1.807) is 6.26 Å². The zero-order valence-electron chi connectivity index (χ0n) is 23.9. The summed E-state index contributed by atoms with van der Waals surface area (Å²) < 4.78 is 13.1. The Labute approximate surface area is 255 Å². The predicted octanol–water partition coefficient (Wildman–Crippen LogP) is 11.4. The average Bonchev–Trinajstić information content (AvgIpc) is 3.75. The van der Waals surface area contributed by atoms with Crippen molar-refractivity contribution in [2.45, 2.75) is 0 Å². The quantitative estimate of drug-likeness (QED) is 0.201. The fraction of sp³-hybridized carbons (Fsp3) is 0. The summed E-state index contributed by atoms with van der Waals surface area (Å²) in [6.45, 7) is 0. The van der Waals surface area contributed by atoms with Crippen molar-refractivity contribution in [1.29, 1.82) is 0 Å². The normalized spacial score (nSPS) is 11.2. The van der Waals surface area contributed by atoms with Crippen LogP contribution in [0.3, 0.4) is 0 Å². The van der Waals surface area contributed by atoms with Gasteiger partial charge >= 0.3 is 0 Å². The largest absolute Gasteiger partial charge is 0.455 e. The van der Waals surface area contributed by atoms with Crippen LogP contribution >= 0.6 is 0 Å². The van der Waals surface area contributed by atoms with Crippen LogP contribution in [0.4, 0.5) is 0 Å². The smallest absolute Gasteiger partial charge is 0.226 e. The highest BCUT2D eigenvalue weighted by atomic mass is 16.3. The van der Waals surface area contributed by atoms with E-state index in [0.29, 0.717) is 5.89 Å². The molecular formula is C41H27NO2. The number of aromatic nitrogens is 1. The van der Waals surface area contributed by atoms with Gasteiger partial charge in [0.15, 0.2) is 0 Å². The molecule has 3 nitrogen and oxygen atoms in total. The predicted molar refractivity (Wildman–Crippen MR) is 179 cm³/mol. The van der Waals surface area contributed by atoms with Crippen molar-refractivity contribution in [2.75, 3.05) is 0 Å². The van der Waals surface area contributed by atoms with Crippen molar-refractivity contribution < 1.29 is 8.83 Å². The third kappa shape index (κ3) is 4.52. The summed E-state index contributed by atoms with van der Waals surface area (Å²) >= 11 is 0. The molecule has 0 bridgehead atoms. The van der Waals surface area contributed by atoms with E-state index in [4.69, 9.17) is 13.8 Å². The zero-order chi connectivity index (χ0) is 29.3. The zero-order valence-corrected chi connectivity index (χ0v) is 23.9. The Bertz CT molecular complexity index is 2210. The summed E-state index contributed by atoms with van der Waals surface area (Å²) in [6, 6.07) is 54.1. The molecule has 208 valence electrons. The van der Waals surface area contributed by atoms with E-state index in [2.05, 4.69) is 115 Å². The third-order valence-corrected chi connectivity index (χ3v) is 8.05. The first-order valence-corrected chi connectivity index (χ1v) is 14.7. The van der Waals surface area contributed by atoms with Gasteiger partial charge in [-0.2, -0.15) is 0 Å². The molecule has 0 fully saturated rings. The second-order valence-corrected chi connectivity index (χ2v) is 10.7. The van der Waals surface area contributed by atoms with Crippen molar-refractivity contribution in [3.05, 3.63) is 164 Å². The molecule has 44 heavy (non-hydrogen) atoms. The number of nitrogens with zero attached hydrogens (tertiary/aromatic N) is 1. The molecule has 0 amide bonds. The van der Waals surface area contributed by atoms with Crippen LogP contribution in [0.25, 0.3) is 78.4 Å². The second-order valence-electron chi connectivity index (χ2n) is 10.7. The minimum Gasteiger partial charge on any atom is -0.455 e. The number of fused-ring (bicyclic) bond motifs is 1. The number of hydrogen-bond donors (Lipinski definition) is 0. The molecule has 0 N–H and O–H groups in total. The lowest BCUT2D eigenvalue weighted by atomic mass is 9.91. The number of oxazole rings is 1. The Kier molecular flexibility index (Phi) is 6.47. The first-order chi connectivity index (χ1) is 21.8. The van der Waals surface area contributed by atoms with E-state index in [-0.39, 0.29) is 0 Å². The van der Waals surface area contributed by atoms with E-state index >= 15 is 0 Å². The van der Waals surface area contributed by atoms with Gasteiger partial charge in [-0.05, 0) is 34.4 Å². The van der Waals surface area contributed by atoms with Gasteiger partial charge in [-0.15, -0.1) is 0 Å². The number of benzene rings is 6. The lowest BCUT2D eigenvalue weighted by molar-refractivity contribution is 0.575. The van der Waals surface area contributed by atoms with Crippen molar-refractivity contribution in [2.24, 2.45) is 0 Å². The van der Waals surface area contributed by atoms with Crippen molar-refractivity contribution in [1.82, 2.24) is 4.98 Å². The van der Waals surface area contributed by atoms with Crippen LogP contribution < -0.4 is 0 Å². The second kappa shape index (κ2) is 11.0. The highest BCUT2D eigenvalue weighted by Crippen LogP contribution is 2.48. The van der Waals surface area contributed by atoms with Gasteiger partial charge in [-0.3, -0.25) is 0 Å². The van der Waals surface area contributed by atoms with E-state index in [9.17, 15) is 0 Å². The van der Waals surface area contributed by atoms with Gasteiger partial charge in [0, 0.05) is 33.0 Å². The molecule has 0 aliphatic heterocycles. The highest BCUT2D eigenvalue weighted by molar-refractivity contribution is 6.08. The topological polar surface area (TPSA) is 39.2 Å². The number of furan rings is 1. The van der Waals surface area contributed by atoms with Crippen molar-refractivity contribution in [3.8, 4) is 67.6 Å². The van der Waals surface area contributed by atoms with Crippen LogP contribution in [0.5, 0.6) is 0 Å². The molecule has 8 aromatic rings. The molecule has 0 aliphatic carbocycles. The SMILES string of the molecule is c1ccc(-c2nc(-c3cccc(-c4ccccc4)c3-c3oc(-c4ccccc4-c4ccccc4)c4ccccc34)co2)cc1. The standard InChI is InChI=1S/C41H27NO2/c1-4-15-28(16-5-1)31-21-10-11-22-33(31)39-34-23-12-13-24-35(34)40(44-39)38-32(29-17-6-2-7-18-29)25-14-26-36(38)37-27-43-41(42-37)30-19-8-3-9-20-30/h1-27H. The Balaban J connectivity index is 1.40. The molecule has 3 heteroatoms. The number of rotatable bonds is 6. The minimum absolute atomic E-state index is 0.582. The van der Waals surface area contributed by atoms with Crippen molar-refractivity contribution in [3.63, 3.8) is 0 Å². The van der Waals surface area contributed by atoms with Crippen LogP contribution in [0.15, 0.2) is 173 Å². The molecule has 2 aromatic heterocycles. The van der Waals surface area contributed by atoms with Crippen LogP contribution in [0, 0.1) is 0 Å². The van der Waals surface area contributed by atoms with Crippen LogP contribution in [0.1, 0.15) is 0 Å². The molecule has 0 spiro atoms. The third-order valence-electron chi connectivity index (χ3n) is 8.05. The van der Waals surface area contributed by atoms with Gasteiger partial charge < -0.3 is 8.83 Å². The maximum absolute atomic E-state index is 7.06. The summed E-state index contributed by atoms with van der Waals surface area (Å²) in [5.74, 6) is 2.23. The molecule has 0 saturated heterocycles. The summed E-state index contributed by atoms with van der Waals surface area (Å²) in [5, 5.41) is 2.10. The summed E-state index contributed by atoms with van der Waals surface area (Å²) in [7, 11) is 0. The molecule has 0 unspecified atom stereocenters. The van der Waals surface area contributed by atoms with Gasteiger partial charge in [0.2, 0.25) is 5.89 Å². The summed E-state index contributed by atoms with van der Waals surface area (Å²) in [6.07, 6.45) is 1.74. The van der Waals surface area contributed by atoms with Crippen LogP contribution in [-0.4, -0.2) is 4.98 Å². The lowest BCUT2D eigenvalue weighted by Crippen LogP contribution is -1.90. The van der Waals surface area contributed by atoms with E-state index in [1.165, 1.54) is 0 Å². The van der Waals surface area contributed by atoms with Gasteiger partial charge in [-0.1, -0.05) is 146 Å². The molecule has 0 radical (unpaired) electrons. The monoisotopic (exact) mass is 565 g/mol. The molecule has 0 saturated carbocycles. The molecule has 2 heterocycles. The Hall–Kier alpha value is -5.93. The maximum Gasteiger partial charge on any atom is 0.226 e. The van der Waals surface area contributed by atoms with Gasteiger partial charge in [0.05, 0.1) is 0 Å². The van der Waals surface area contributed by atoms with Crippen LogP contribution in [-0.2, 0) is 0 Å². The fourth-order valence-electron chi connectivity index (χ4n) is 6.01. The lowest BCUT2D eigenvalue weighted by Gasteiger charge is -2.13. The highest BCUT2D eigenvalue weighted by Gasteiger charge is 2.24. The molecular weight excluding hydrogens is 538 g/mol. The Morgan fingerprint density at radius 2 is 0.886 bits per heavy atom. The maximum atomic E-state index is 7.06. The summed E-state index contributed by atoms with van der Waals surface area (Å²) in [4.78, 5) is 4.96. The average molecular weight is 566 g/mol.